The van der Waals surface area contributed by atoms with Crippen LogP contribution in [0.4, 0.5) is 5.82 Å². The van der Waals surface area contributed by atoms with Gasteiger partial charge in [0.05, 0.1) is 3.57 Å². The van der Waals surface area contributed by atoms with Crippen LogP contribution >= 0.6 is 34.4 Å². The van der Waals surface area contributed by atoms with E-state index in [-0.39, 0.29) is 0 Å². The van der Waals surface area contributed by atoms with Crippen molar-refractivity contribution in [1.82, 2.24) is 9.97 Å². The topological polar surface area (TPSA) is 29.0 Å². The van der Waals surface area contributed by atoms with Crippen LogP contribution in [0.25, 0.3) is 0 Å². The largest absolute Gasteiger partial charge is 0.351 e. The fourth-order valence-corrected chi connectivity index (χ4v) is 3.46. The molecule has 1 aromatic heterocycles. The van der Waals surface area contributed by atoms with Crippen molar-refractivity contribution >= 4 is 40.2 Å². The normalized spacial score (nSPS) is 26.7. The summed E-state index contributed by atoms with van der Waals surface area (Å²) in [6.07, 6.45) is 3.51. The molecule has 0 N–H and O–H groups in total. The molecule has 0 amide bonds. The van der Waals surface area contributed by atoms with Gasteiger partial charge >= 0.3 is 0 Å². The van der Waals surface area contributed by atoms with E-state index in [2.05, 4.69) is 51.3 Å². The third-order valence-electron chi connectivity index (χ3n) is 2.80. The molecule has 3 nitrogen and oxygen atoms in total. The highest BCUT2D eigenvalue weighted by Crippen LogP contribution is 2.29. The smallest absolute Gasteiger partial charge is 0.145 e. The molecule has 2 rings (SSSR count). The summed E-state index contributed by atoms with van der Waals surface area (Å²) in [4.78, 5) is 10.8. The van der Waals surface area contributed by atoms with Crippen molar-refractivity contribution in [2.24, 2.45) is 0 Å². The van der Waals surface area contributed by atoms with Crippen molar-refractivity contribution in [2.45, 2.75) is 25.1 Å². The standard InChI is InChI=1S/C10H14IN3S/c1-7-8(2)15-4-3-14(7)10-9(11)5-12-6-13-10/h5-8H,3-4H2,1-2H3. The summed E-state index contributed by atoms with van der Waals surface area (Å²) in [5, 5.41) is 0.671. The van der Waals surface area contributed by atoms with E-state index in [1.54, 1.807) is 6.33 Å². The first-order valence-electron chi connectivity index (χ1n) is 5.04. The second-order valence-corrected chi connectivity index (χ2v) is 6.35. The number of hydrogen-bond donors (Lipinski definition) is 0. The summed E-state index contributed by atoms with van der Waals surface area (Å²) in [5.41, 5.74) is 0. The highest BCUT2D eigenvalue weighted by molar-refractivity contribution is 14.1. The van der Waals surface area contributed by atoms with Crippen LogP contribution in [0.5, 0.6) is 0 Å². The van der Waals surface area contributed by atoms with Gasteiger partial charge in [-0.1, -0.05) is 6.92 Å². The number of rotatable bonds is 1. The summed E-state index contributed by atoms with van der Waals surface area (Å²) in [7, 11) is 0. The first kappa shape index (κ1) is 11.4. The van der Waals surface area contributed by atoms with E-state index in [1.165, 1.54) is 5.75 Å². The summed E-state index contributed by atoms with van der Waals surface area (Å²) in [6.45, 7) is 5.65. The van der Waals surface area contributed by atoms with Gasteiger partial charge in [0.25, 0.3) is 0 Å². The van der Waals surface area contributed by atoms with Crippen LogP contribution in [-0.4, -0.2) is 33.6 Å². The van der Waals surface area contributed by atoms with Gasteiger partial charge in [0, 0.05) is 29.8 Å². The van der Waals surface area contributed by atoms with Crippen molar-refractivity contribution in [3.05, 3.63) is 16.1 Å². The Labute approximate surface area is 108 Å². The Morgan fingerprint density at radius 1 is 1.53 bits per heavy atom. The van der Waals surface area contributed by atoms with Crippen LogP contribution < -0.4 is 4.90 Å². The quantitative estimate of drug-likeness (QED) is 0.737. The molecule has 2 heterocycles. The number of nitrogens with zero attached hydrogens (tertiary/aromatic N) is 3. The van der Waals surface area contributed by atoms with Gasteiger partial charge in [0.1, 0.15) is 12.1 Å². The third-order valence-corrected chi connectivity index (χ3v) is 4.90. The minimum atomic E-state index is 0.548. The van der Waals surface area contributed by atoms with Crippen molar-refractivity contribution in [2.75, 3.05) is 17.2 Å². The molecule has 0 aliphatic carbocycles. The van der Waals surface area contributed by atoms with Gasteiger partial charge in [-0.15, -0.1) is 0 Å². The molecule has 82 valence electrons. The molecular weight excluding hydrogens is 321 g/mol. The fraction of sp³-hybridized carbons (Fsp3) is 0.600. The van der Waals surface area contributed by atoms with Crippen molar-refractivity contribution < 1.29 is 0 Å². The summed E-state index contributed by atoms with van der Waals surface area (Å²) in [6, 6.07) is 0.548. The van der Waals surface area contributed by atoms with Gasteiger partial charge in [0.2, 0.25) is 0 Å². The first-order valence-corrected chi connectivity index (χ1v) is 7.16. The molecule has 2 atom stereocenters. The zero-order valence-electron chi connectivity index (χ0n) is 8.85. The molecule has 5 heteroatoms. The Hall–Kier alpha value is -0.0400. The van der Waals surface area contributed by atoms with Crippen molar-refractivity contribution in [3.63, 3.8) is 0 Å². The minimum absolute atomic E-state index is 0.548. The maximum Gasteiger partial charge on any atom is 0.145 e. The number of anilines is 1. The summed E-state index contributed by atoms with van der Waals surface area (Å²) < 4.78 is 1.14. The molecule has 0 saturated carbocycles. The minimum Gasteiger partial charge on any atom is -0.351 e. The number of thioether (sulfide) groups is 1. The lowest BCUT2D eigenvalue weighted by molar-refractivity contribution is 0.618. The Balaban J connectivity index is 2.26. The molecule has 15 heavy (non-hydrogen) atoms. The predicted molar refractivity (Wildman–Crippen MR) is 73.5 cm³/mol. The van der Waals surface area contributed by atoms with Crippen LogP contribution in [0.3, 0.4) is 0 Å². The van der Waals surface area contributed by atoms with Crippen molar-refractivity contribution in [1.29, 1.82) is 0 Å². The van der Waals surface area contributed by atoms with Gasteiger partial charge in [-0.3, -0.25) is 0 Å². The molecule has 1 saturated heterocycles. The molecular formula is C10H14IN3S. The van der Waals surface area contributed by atoms with E-state index < -0.39 is 0 Å². The Morgan fingerprint density at radius 2 is 2.33 bits per heavy atom. The van der Waals surface area contributed by atoms with E-state index >= 15 is 0 Å². The highest BCUT2D eigenvalue weighted by Gasteiger charge is 2.27. The second-order valence-electron chi connectivity index (χ2n) is 3.70. The molecule has 1 aliphatic heterocycles. The van der Waals surface area contributed by atoms with Gasteiger partial charge < -0.3 is 4.90 Å². The molecule has 2 unspecified atom stereocenters. The number of hydrogen-bond acceptors (Lipinski definition) is 4. The van der Waals surface area contributed by atoms with Gasteiger partial charge in [-0.05, 0) is 29.5 Å². The lowest BCUT2D eigenvalue weighted by Gasteiger charge is -2.38. The van der Waals surface area contributed by atoms with Crippen molar-refractivity contribution in [3.8, 4) is 0 Å². The Bertz CT molecular complexity index is 347. The molecule has 1 fully saturated rings. The van der Waals surface area contributed by atoms with E-state index in [0.29, 0.717) is 11.3 Å². The van der Waals surface area contributed by atoms with E-state index in [4.69, 9.17) is 0 Å². The van der Waals surface area contributed by atoms with E-state index in [9.17, 15) is 0 Å². The summed E-state index contributed by atoms with van der Waals surface area (Å²) >= 11 is 4.35. The second kappa shape index (κ2) is 4.86. The predicted octanol–water partition coefficient (Wildman–Crippen LogP) is 2.41. The average molecular weight is 335 g/mol. The Kier molecular flexibility index (Phi) is 3.71. The highest BCUT2D eigenvalue weighted by atomic mass is 127. The molecule has 1 aromatic rings. The lowest BCUT2D eigenvalue weighted by Crippen LogP contribution is -2.45. The maximum absolute atomic E-state index is 4.38. The van der Waals surface area contributed by atoms with Crippen LogP contribution in [0, 0.1) is 3.57 Å². The lowest BCUT2D eigenvalue weighted by atomic mass is 10.2. The van der Waals surface area contributed by atoms with Crippen LogP contribution in [0.15, 0.2) is 12.5 Å². The SMILES string of the molecule is CC1SCCN(c2ncncc2I)C1C. The summed E-state index contributed by atoms with van der Waals surface area (Å²) in [5.74, 6) is 2.27. The molecule has 0 radical (unpaired) electrons. The Morgan fingerprint density at radius 3 is 3.07 bits per heavy atom. The van der Waals surface area contributed by atoms with Gasteiger partial charge in [-0.2, -0.15) is 11.8 Å². The number of aromatic nitrogens is 2. The third kappa shape index (κ3) is 2.38. The zero-order chi connectivity index (χ0) is 10.8. The molecule has 1 aliphatic rings. The van der Waals surface area contributed by atoms with E-state index in [0.717, 1.165) is 15.9 Å². The maximum atomic E-state index is 4.38. The van der Waals surface area contributed by atoms with Crippen LogP contribution in [-0.2, 0) is 0 Å². The number of halogens is 1. The molecule has 0 bridgehead atoms. The van der Waals surface area contributed by atoms with Gasteiger partial charge in [-0.25, -0.2) is 9.97 Å². The monoisotopic (exact) mass is 335 g/mol. The average Bonchev–Trinajstić information content (AvgIpc) is 2.23. The molecule has 0 spiro atoms. The zero-order valence-corrected chi connectivity index (χ0v) is 11.8. The van der Waals surface area contributed by atoms with E-state index in [1.807, 2.05) is 18.0 Å². The van der Waals surface area contributed by atoms with Crippen LogP contribution in [0.1, 0.15) is 13.8 Å². The van der Waals surface area contributed by atoms with Crippen LogP contribution in [0.2, 0.25) is 0 Å². The molecule has 0 aromatic carbocycles. The van der Waals surface area contributed by atoms with Gasteiger partial charge in [0.15, 0.2) is 0 Å². The fourth-order valence-electron chi connectivity index (χ4n) is 1.75. The first-order chi connectivity index (χ1) is 7.20.